The molecule has 2 N–H and O–H groups in total. The topological polar surface area (TPSA) is 99.7 Å². The van der Waals surface area contributed by atoms with Gasteiger partial charge in [-0.05, 0) is 49.8 Å². The predicted octanol–water partition coefficient (Wildman–Crippen LogP) is 4.07. The molecule has 4 aliphatic rings. The number of rotatable bonds is 4. The van der Waals surface area contributed by atoms with Crippen LogP contribution in [0.3, 0.4) is 0 Å². The molecule has 2 bridgehead atoms. The molecule has 4 unspecified atom stereocenters. The molecule has 1 aliphatic heterocycles. The highest BCUT2D eigenvalue weighted by Crippen LogP contribution is 2.50. The summed E-state index contributed by atoms with van der Waals surface area (Å²) in [7, 11) is 0. The SMILES string of the molecule is CCOC(=O)Oc1cn(-c2ccc(F)cc2F)c2nc(N3CC4C5C=CC(N)(CC5)C4C3)c(F)cc2c1=O. The van der Waals surface area contributed by atoms with Crippen LogP contribution in [0.4, 0.5) is 23.8 Å². The van der Waals surface area contributed by atoms with Gasteiger partial charge in [-0.25, -0.2) is 22.9 Å². The zero-order valence-electron chi connectivity index (χ0n) is 20.5. The monoisotopic (exact) mass is 526 g/mol. The zero-order chi connectivity index (χ0) is 26.8. The number of nitrogens with two attached hydrogens (primary N) is 1. The van der Waals surface area contributed by atoms with Gasteiger partial charge in [0, 0.05) is 30.6 Å². The van der Waals surface area contributed by atoms with Crippen LogP contribution in [0, 0.1) is 35.2 Å². The Bertz CT molecular complexity index is 1560. The van der Waals surface area contributed by atoms with Crippen LogP contribution in [0.2, 0.25) is 0 Å². The third-order valence-electron chi connectivity index (χ3n) is 7.97. The van der Waals surface area contributed by atoms with Crippen molar-refractivity contribution >= 4 is 23.0 Å². The fraction of sp³-hybridized carbons (Fsp3) is 0.370. The largest absolute Gasteiger partial charge is 0.514 e. The number of carbonyl (C=O) groups is 1. The number of halogens is 3. The van der Waals surface area contributed by atoms with Crippen LogP contribution in [0.15, 0.2) is 47.4 Å². The lowest BCUT2D eigenvalue weighted by Gasteiger charge is -2.47. The lowest BCUT2D eigenvalue weighted by atomic mass is 9.60. The second kappa shape index (κ2) is 8.87. The number of allylic oxidation sites excluding steroid dienone is 1. The summed E-state index contributed by atoms with van der Waals surface area (Å²) in [6.45, 7) is 2.56. The van der Waals surface area contributed by atoms with Gasteiger partial charge in [0.1, 0.15) is 11.6 Å². The minimum Gasteiger partial charge on any atom is -0.434 e. The Kier molecular flexibility index (Phi) is 5.71. The predicted molar refractivity (Wildman–Crippen MR) is 133 cm³/mol. The van der Waals surface area contributed by atoms with Crippen molar-refractivity contribution in [1.82, 2.24) is 9.55 Å². The number of fused-ring (bicyclic) bond motifs is 2. The molecule has 1 saturated heterocycles. The fourth-order valence-corrected chi connectivity index (χ4v) is 6.15. The van der Waals surface area contributed by atoms with E-state index in [9.17, 15) is 18.4 Å². The van der Waals surface area contributed by atoms with Gasteiger partial charge in [-0.1, -0.05) is 12.2 Å². The van der Waals surface area contributed by atoms with Gasteiger partial charge in [0.2, 0.25) is 5.43 Å². The first-order valence-electron chi connectivity index (χ1n) is 12.5. The van der Waals surface area contributed by atoms with Crippen molar-refractivity contribution in [3.05, 3.63) is 70.3 Å². The lowest BCUT2D eigenvalue weighted by Crippen LogP contribution is -2.55. The Morgan fingerprint density at radius 3 is 2.71 bits per heavy atom. The van der Waals surface area contributed by atoms with Crippen LogP contribution < -0.4 is 20.8 Å². The highest BCUT2D eigenvalue weighted by molar-refractivity contribution is 5.81. The summed E-state index contributed by atoms with van der Waals surface area (Å²) >= 11 is 0. The van der Waals surface area contributed by atoms with Crippen LogP contribution in [0.25, 0.3) is 16.7 Å². The second-order valence-corrected chi connectivity index (χ2v) is 10.1. The minimum atomic E-state index is -1.15. The number of aromatic nitrogens is 2. The van der Waals surface area contributed by atoms with Crippen molar-refractivity contribution < 1.29 is 27.4 Å². The molecule has 1 aromatic carbocycles. The molecule has 3 aromatic rings. The third kappa shape index (κ3) is 3.84. The van der Waals surface area contributed by atoms with E-state index >= 15 is 4.39 Å². The van der Waals surface area contributed by atoms with E-state index in [-0.39, 0.29) is 41.0 Å². The summed E-state index contributed by atoms with van der Waals surface area (Å²) in [5, 5.41) is -0.245. The summed E-state index contributed by atoms with van der Waals surface area (Å²) in [4.78, 5) is 31.4. The maximum atomic E-state index is 15.6. The van der Waals surface area contributed by atoms with Gasteiger partial charge in [-0.2, -0.15) is 0 Å². The highest BCUT2D eigenvalue weighted by Gasteiger charge is 2.52. The second-order valence-electron chi connectivity index (χ2n) is 10.1. The molecule has 0 amide bonds. The van der Waals surface area contributed by atoms with Gasteiger partial charge in [0.25, 0.3) is 0 Å². The average Bonchev–Trinajstić information content (AvgIpc) is 3.34. The van der Waals surface area contributed by atoms with E-state index in [1.807, 2.05) is 4.90 Å². The first-order valence-corrected chi connectivity index (χ1v) is 12.5. The lowest BCUT2D eigenvalue weighted by molar-refractivity contribution is 0.104. The van der Waals surface area contributed by atoms with E-state index in [1.165, 1.54) is 0 Å². The van der Waals surface area contributed by atoms with E-state index in [2.05, 4.69) is 17.1 Å². The van der Waals surface area contributed by atoms with Gasteiger partial charge in [0.05, 0.1) is 23.9 Å². The molecular weight excluding hydrogens is 501 g/mol. The molecule has 198 valence electrons. The van der Waals surface area contributed by atoms with Crippen molar-refractivity contribution in [3.63, 3.8) is 0 Å². The van der Waals surface area contributed by atoms with Gasteiger partial charge in [0.15, 0.2) is 23.0 Å². The molecule has 1 saturated carbocycles. The number of hydrogen-bond donors (Lipinski definition) is 1. The summed E-state index contributed by atoms with van der Waals surface area (Å²) < 4.78 is 55.0. The first-order chi connectivity index (χ1) is 18.2. The minimum absolute atomic E-state index is 0.00429. The van der Waals surface area contributed by atoms with Crippen LogP contribution in [-0.2, 0) is 4.74 Å². The summed E-state index contributed by atoms with van der Waals surface area (Å²) in [5.41, 5.74) is 5.14. The van der Waals surface area contributed by atoms with E-state index in [0.717, 1.165) is 41.8 Å². The molecule has 2 fully saturated rings. The quantitative estimate of drug-likeness (QED) is 0.404. The molecule has 11 heteroatoms. The highest BCUT2D eigenvalue weighted by atomic mass is 19.1. The summed E-state index contributed by atoms with van der Waals surface area (Å²) in [6, 6.07) is 3.86. The van der Waals surface area contributed by atoms with E-state index < -0.39 is 40.3 Å². The van der Waals surface area contributed by atoms with Gasteiger partial charge < -0.3 is 20.1 Å². The molecule has 3 heterocycles. The van der Waals surface area contributed by atoms with Crippen LogP contribution in [0.5, 0.6) is 5.75 Å². The van der Waals surface area contributed by atoms with Crippen molar-refractivity contribution in [2.24, 2.45) is 23.5 Å². The number of hydrogen-bond acceptors (Lipinski definition) is 7. The van der Waals surface area contributed by atoms with E-state index in [4.69, 9.17) is 15.2 Å². The van der Waals surface area contributed by atoms with Gasteiger partial charge >= 0.3 is 6.16 Å². The summed E-state index contributed by atoms with van der Waals surface area (Å²) in [6.07, 6.45) is 5.97. The van der Waals surface area contributed by atoms with Crippen LogP contribution in [0.1, 0.15) is 19.8 Å². The molecule has 0 radical (unpaired) electrons. The van der Waals surface area contributed by atoms with E-state index in [1.54, 1.807) is 6.92 Å². The zero-order valence-corrected chi connectivity index (χ0v) is 20.5. The Labute approximate surface area is 215 Å². The molecule has 0 spiro atoms. The smallest absolute Gasteiger partial charge is 0.434 e. The number of carbonyl (C=O) groups excluding carboxylic acids is 1. The van der Waals surface area contributed by atoms with Crippen molar-refractivity contribution in [2.45, 2.75) is 25.3 Å². The average molecular weight is 527 g/mol. The van der Waals surface area contributed by atoms with Crippen LogP contribution in [-0.4, -0.2) is 40.9 Å². The number of benzene rings is 1. The third-order valence-corrected chi connectivity index (χ3v) is 7.97. The van der Waals surface area contributed by atoms with E-state index in [0.29, 0.717) is 25.1 Å². The molecule has 38 heavy (non-hydrogen) atoms. The van der Waals surface area contributed by atoms with Gasteiger partial charge in [-0.3, -0.25) is 9.36 Å². The normalized spacial score (nSPS) is 25.6. The Balaban J connectivity index is 1.49. The maximum Gasteiger partial charge on any atom is 0.514 e. The fourth-order valence-electron chi connectivity index (χ4n) is 6.15. The number of anilines is 1. The molecule has 4 atom stereocenters. The molecule has 2 aromatic heterocycles. The molecular formula is C27H25F3N4O4. The molecule has 8 nitrogen and oxygen atoms in total. The number of nitrogens with zero attached hydrogens (tertiary/aromatic N) is 3. The van der Waals surface area contributed by atoms with Crippen molar-refractivity contribution in [2.75, 3.05) is 24.6 Å². The van der Waals surface area contributed by atoms with Gasteiger partial charge in [-0.15, -0.1) is 0 Å². The van der Waals surface area contributed by atoms with Crippen LogP contribution >= 0.6 is 0 Å². The van der Waals surface area contributed by atoms with Crippen molar-refractivity contribution in [1.29, 1.82) is 0 Å². The Morgan fingerprint density at radius 1 is 1.21 bits per heavy atom. The number of ether oxygens (including phenoxy) is 2. The molecule has 3 aliphatic carbocycles. The first kappa shape index (κ1) is 24.5. The Hall–Kier alpha value is -3.86. The van der Waals surface area contributed by atoms with Crippen molar-refractivity contribution in [3.8, 4) is 11.4 Å². The maximum absolute atomic E-state index is 15.6. The standard InChI is InChI=1S/C27H25F3N4O4/c1-2-37-26(36)38-22-13-34(21-4-3-15(28)9-19(21)29)24-16(23(22)35)10-20(30)25(32-24)33-11-17-14-5-7-27(31,8-6-14)18(17)12-33/h3-5,7,9-10,13-14,17-18H,2,6,8,11-12,31H2,1H3. The Morgan fingerprint density at radius 2 is 2.03 bits per heavy atom. The molecule has 7 rings (SSSR count). The number of pyridine rings is 2. The summed E-state index contributed by atoms with van der Waals surface area (Å²) in [5.74, 6) is -2.30.